The van der Waals surface area contributed by atoms with Crippen LogP contribution in [0.15, 0.2) is 10.3 Å². The van der Waals surface area contributed by atoms with Crippen LogP contribution in [0.3, 0.4) is 0 Å². The van der Waals surface area contributed by atoms with Gasteiger partial charge in [-0.15, -0.1) is 0 Å². The molecule has 0 heterocycles. The highest BCUT2D eigenvalue weighted by Crippen LogP contribution is 2.22. The fourth-order valence-electron chi connectivity index (χ4n) is 0.0900. The molecule has 8 heavy (non-hydrogen) atoms. The number of hydrogen-bond acceptors (Lipinski definition) is 1. The lowest BCUT2D eigenvalue weighted by atomic mass is 10.7. The molecule has 1 N–H and O–H groups in total. The maximum absolute atomic E-state index is 8.34. The van der Waals surface area contributed by atoms with E-state index in [1.165, 1.54) is 0 Å². The summed E-state index contributed by atoms with van der Waals surface area (Å²) in [5.41, 5.74) is 0. The minimum Gasteiger partial charge on any atom is -0.498 e. The van der Waals surface area contributed by atoms with Crippen molar-refractivity contribution in [1.29, 1.82) is 0 Å². The minimum atomic E-state index is -0.950. The van der Waals surface area contributed by atoms with Gasteiger partial charge in [-0.3, -0.25) is 0 Å². The van der Waals surface area contributed by atoms with E-state index in [0.29, 0.717) is 0 Å². The van der Waals surface area contributed by atoms with Gasteiger partial charge >= 0.3 is 0 Å². The van der Waals surface area contributed by atoms with Gasteiger partial charge in [0.2, 0.25) is 5.22 Å². The highest BCUT2D eigenvalue weighted by atomic mass is 35.5. The van der Waals surface area contributed by atoms with Gasteiger partial charge in [0.1, 0.15) is 9.87 Å². The van der Waals surface area contributed by atoms with E-state index in [1.54, 1.807) is 0 Å². The molecule has 5 heteroatoms. The molecule has 0 amide bonds. The number of hydrogen-bond donors (Lipinski definition) is 1. The highest BCUT2D eigenvalue weighted by molar-refractivity contribution is 6.53. The first-order valence-corrected chi connectivity index (χ1v) is 3.21. The molecule has 0 aliphatic heterocycles. The average molecular weight is 196 g/mol. The van der Waals surface area contributed by atoms with Crippen LogP contribution >= 0.6 is 46.4 Å². The Hall–Kier alpha value is 0.700. The van der Waals surface area contributed by atoms with Crippen molar-refractivity contribution in [3.63, 3.8) is 0 Å². The summed E-state index contributed by atoms with van der Waals surface area (Å²) in [5, 5.41) is 7.61. The lowest BCUT2D eigenvalue weighted by Gasteiger charge is -1.95. The molecular formula is C3H2Cl4O. The molecule has 0 radical (unpaired) electrons. The fraction of sp³-hybridized carbons (Fsp3) is 0.333. The number of allylic oxidation sites excluding steroid dienone is 1. The molecule has 0 aliphatic carbocycles. The number of alkyl halides is 2. The molecule has 0 bridgehead atoms. The predicted octanol–water partition coefficient (Wildman–Crippen LogP) is 2.99. The minimum absolute atomic E-state index is 0.157. The van der Waals surface area contributed by atoms with Crippen LogP contribution in [0, 0.1) is 0 Å². The van der Waals surface area contributed by atoms with E-state index in [0.717, 1.165) is 0 Å². The summed E-state index contributed by atoms with van der Waals surface area (Å²) >= 11 is 20.5. The number of aliphatic hydroxyl groups is 1. The molecule has 0 spiro atoms. The molecule has 0 aliphatic rings. The first-order chi connectivity index (χ1) is 3.55. The Kier molecular flexibility index (Phi) is 4.00. The molecule has 48 valence electrons. The number of halogens is 4. The Morgan fingerprint density at radius 1 is 1.25 bits per heavy atom. The SMILES string of the molecule is OC(Cl)=C(Cl)C(Cl)Cl. The van der Waals surface area contributed by atoms with Crippen molar-refractivity contribution < 1.29 is 5.11 Å². The van der Waals surface area contributed by atoms with Gasteiger partial charge in [0.05, 0.1) is 0 Å². The Bertz CT molecular complexity index is 104. The summed E-state index contributed by atoms with van der Waals surface area (Å²) < 4.78 is 0. The summed E-state index contributed by atoms with van der Waals surface area (Å²) in [7, 11) is 0. The zero-order valence-electron chi connectivity index (χ0n) is 3.54. The number of rotatable bonds is 1. The van der Waals surface area contributed by atoms with Crippen LogP contribution in [-0.2, 0) is 0 Å². The van der Waals surface area contributed by atoms with Gasteiger partial charge in [-0.2, -0.15) is 0 Å². The lowest BCUT2D eigenvalue weighted by molar-refractivity contribution is 0.449. The molecule has 0 atom stereocenters. The zero-order chi connectivity index (χ0) is 6.73. The summed E-state index contributed by atoms with van der Waals surface area (Å²) in [6, 6.07) is 0. The third-order valence-corrected chi connectivity index (χ3v) is 1.75. The molecule has 0 aromatic carbocycles. The largest absolute Gasteiger partial charge is 0.498 e. The second kappa shape index (κ2) is 3.67. The van der Waals surface area contributed by atoms with Gasteiger partial charge in [0, 0.05) is 0 Å². The monoisotopic (exact) mass is 194 g/mol. The van der Waals surface area contributed by atoms with Crippen LogP contribution in [0.2, 0.25) is 0 Å². The molecule has 0 unspecified atom stereocenters. The van der Waals surface area contributed by atoms with Crippen LogP contribution in [0.5, 0.6) is 0 Å². The van der Waals surface area contributed by atoms with Crippen LogP contribution < -0.4 is 0 Å². The Morgan fingerprint density at radius 2 is 1.62 bits per heavy atom. The van der Waals surface area contributed by atoms with Crippen LogP contribution in [-0.4, -0.2) is 9.94 Å². The third-order valence-electron chi connectivity index (χ3n) is 0.389. The van der Waals surface area contributed by atoms with Gasteiger partial charge in [-0.1, -0.05) is 34.8 Å². The smallest absolute Gasteiger partial charge is 0.202 e. The summed E-state index contributed by atoms with van der Waals surface area (Å²) in [5.74, 6) is 0. The molecule has 0 aromatic rings. The first kappa shape index (κ1) is 8.70. The van der Waals surface area contributed by atoms with Crippen molar-refractivity contribution in [2.75, 3.05) is 0 Å². The van der Waals surface area contributed by atoms with Gasteiger partial charge < -0.3 is 5.11 Å². The van der Waals surface area contributed by atoms with Crippen molar-refractivity contribution in [3.8, 4) is 0 Å². The molecule has 0 saturated heterocycles. The first-order valence-electron chi connectivity index (χ1n) is 1.58. The van der Waals surface area contributed by atoms with Crippen molar-refractivity contribution in [1.82, 2.24) is 0 Å². The van der Waals surface area contributed by atoms with Crippen LogP contribution in [0.4, 0.5) is 0 Å². The summed E-state index contributed by atoms with van der Waals surface area (Å²) in [4.78, 5) is -0.950. The molecule has 0 rings (SSSR count). The molecule has 0 fully saturated rings. The normalized spacial score (nSPS) is 14.1. The van der Waals surface area contributed by atoms with Crippen molar-refractivity contribution in [2.24, 2.45) is 0 Å². The predicted molar refractivity (Wildman–Crippen MR) is 36.9 cm³/mol. The van der Waals surface area contributed by atoms with Gasteiger partial charge in [-0.05, 0) is 11.6 Å². The molecular weight excluding hydrogens is 194 g/mol. The number of aliphatic hydroxyl groups excluding tert-OH is 1. The van der Waals surface area contributed by atoms with Gasteiger partial charge in [0.25, 0.3) is 0 Å². The second-order valence-electron chi connectivity index (χ2n) is 0.939. The van der Waals surface area contributed by atoms with Crippen molar-refractivity contribution in [2.45, 2.75) is 4.84 Å². The maximum atomic E-state index is 8.34. The molecule has 0 saturated carbocycles. The highest BCUT2D eigenvalue weighted by Gasteiger charge is 2.07. The zero-order valence-corrected chi connectivity index (χ0v) is 6.56. The van der Waals surface area contributed by atoms with Gasteiger partial charge in [0.15, 0.2) is 0 Å². The van der Waals surface area contributed by atoms with Crippen LogP contribution in [0.25, 0.3) is 0 Å². The standard InChI is InChI=1S/C3H2Cl4O/c4-1(2(5)6)3(7)8/h2,8H. The molecule has 1 nitrogen and oxygen atoms in total. The lowest BCUT2D eigenvalue weighted by Crippen LogP contribution is -1.87. The Labute approximate surface area is 66.8 Å². The topological polar surface area (TPSA) is 20.2 Å². The Morgan fingerprint density at radius 3 is 1.62 bits per heavy atom. The van der Waals surface area contributed by atoms with Crippen molar-refractivity contribution >= 4 is 46.4 Å². The quantitative estimate of drug-likeness (QED) is 0.504. The molecule has 0 aromatic heterocycles. The van der Waals surface area contributed by atoms with E-state index in [2.05, 4.69) is 0 Å². The van der Waals surface area contributed by atoms with E-state index in [4.69, 9.17) is 51.5 Å². The van der Waals surface area contributed by atoms with E-state index in [-0.39, 0.29) is 5.03 Å². The summed E-state index contributed by atoms with van der Waals surface area (Å²) in [6.45, 7) is 0. The van der Waals surface area contributed by atoms with Gasteiger partial charge in [-0.25, -0.2) is 0 Å². The second-order valence-corrected chi connectivity index (χ2v) is 2.80. The Balaban J connectivity index is 4.00. The van der Waals surface area contributed by atoms with E-state index in [1.807, 2.05) is 0 Å². The summed E-state index contributed by atoms with van der Waals surface area (Å²) in [6.07, 6.45) is 0. The van der Waals surface area contributed by atoms with Crippen LogP contribution in [0.1, 0.15) is 0 Å². The van der Waals surface area contributed by atoms with E-state index < -0.39 is 10.1 Å². The van der Waals surface area contributed by atoms with E-state index in [9.17, 15) is 0 Å². The van der Waals surface area contributed by atoms with E-state index >= 15 is 0 Å². The van der Waals surface area contributed by atoms with Crippen molar-refractivity contribution in [3.05, 3.63) is 10.3 Å². The fourth-order valence-corrected chi connectivity index (χ4v) is 0.518. The average Bonchev–Trinajstić information content (AvgIpc) is 1.64. The third kappa shape index (κ3) is 2.88. The maximum Gasteiger partial charge on any atom is 0.202 e.